The van der Waals surface area contributed by atoms with E-state index < -0.39 is 0 Å². The number of likely N-dealkylation sites (tertiary alicyclic amines) is 1. The molecule has 7 heteroatoms. The Labute approximate surface area is 147 Å². The average molecular weight is 420 g/mol. The van der Waals surface area contributed by atoms with Crippen molar-refractivity contribution in [1.29, 1.82) is 5.26 Å². The Balaban J connectivity index is 1.68. The van der Waals surface area contributed by atoms with E-state index in [0.717, 1.165) is 3.57 Å². The number of nitrogens with zero attached hydrogens (tertiary/aromatic N) is 4. The van der Waals surface area contributed by atoms with Crippen molar-refractivity contribution in [2.45, 2.75) is 12.5 Å². The number of hydrogen-bond donors (Lipinski definition) is 0. The first-order chi connectivity index (χ1) is 11.2. The molecule has 2 aromatic rings. The topological polar surface area (TPSA) is 79.1 Å². The Morgan fingerprint density at radius 2 is 2.13 bits per heavy atom. The molecule has 0 saturated carbocycles. The van der Waals surface area contributed by atoms with Crippen molar-refractivity contribution in [3.8, 4) is 11.9 Å². The highest BCUT2D eigenvalue weighted by molar-refractivity contribution is 14.1. The van der Waals surface area contributed by atoms with E-state index in [0.29, 0.717) is 25.1 Å². The first-order valence-electron chi connectivity index (χ1n) is 7.10. The van der Waals surface area contributed by atoms with Gasteiger partial charge < -0.3 is 9.64 Å². The second-order valence-electron chi connectivity index (χ2n) is 5.08. The Hall–Kier alpha value is -2.21. The molecular formula is C16H13IN4O2. The first-order valence-corrected chi connectivity index (χ1v) is 8.18. The lowest BCUT2D eigenvalue weighted by atomic mass is 10.2. The minimum atomic E-state index is -0.177. The number of halogens is 1. The fourth-order valence-corrected chi connectivity index (χ4v) is 3.08. The highest BCUT2D eigenvalue weighted by atomic mass is 127. The maximum absolute atomic E-state index is 12.6. The second-order valence-corrected chi connectivity index (χ2v) is 6.24. The minimum Gasteiger partial charge on any atom is -0.470 e. The number of nitriles is 1. The molecule has 1 unspecified atom stereocenters. The van der Waals surface area contributed by atoms with E-state index in [-0.39, 0.29) is 23.6 Å². The zero-order valence-corrected chi connectivity index (χ0v) is 14.3. The molecule has 0 bridgehead atoms. The standard InChI is InChI=1S/C16H13IN4O2/c17-13-4-2-1-3-12(13)16(22)21-8-5-11(10-21)23-15-14(9-18)19-6-7-20-15/h1-4,6-7,11H,5,8,10H2. The fourth-order valence-electron chi connectivity index (χ4n) is 2.46. The van der Waals surface area contributed by atoms with Gasteiger partial charge in [-0.1, -0.05) is 12.1 Å². The zero-order chi connectivity index (χ0) is 16.2. The van der Waals surface area contributed by atoms with Gasteiger partial charge in [0.25, 0.3) is 11.8 Å². The average Bonchev–Trinajstić information content (AvgIpc) is 3.04. The third-order valence-corrected chi connectivity index (χ3v) is 4.53. The zero-order valence-electron chi connectivity index (χ0n) is 12.1. The third kappa shape index (κ3) is 3.42. The number of carbonyl (C=O) groups is 1. The Kier molecular flexibility index (Phi) is 4.71. The van der Waals surface area contributed by atoms with Gasteiger partial charge in [0.05, 0.1) is 12.1 Å². The Morgan fingerprint density at radius 1 is 1.35 bits per heavy atom. The Morgan fingerprint density at radius 3 is 2.91 bits per heavy atom. The molecule has 0 N–H and O–H groups in total. The van der Waals surface area contributed by atoms with E-state index in [1.165, 1.54) is 12.4 Å². The molecule has 0 aliphatic carbocycles. The van der Waals surface area contributed by atoms with Crippen LogP contribution in [0, 0.1) is 14.9 Å². The summed E-state index contributed by atoms with van der Waals surface area (Å²) < 4.78 is 6.68. The summed E-state index contributed by atoms with van der Waals surface area (Å²) in [5, 5.41) is 9.01. The predicted octanol–water partition coefficient (Wildman–Crippen LogP) is 2.25. The van der Waals surface area contributed by atoms with Gasteiger partial charge in [0.15, 0.2) is 0 Å². The Bertz CT molecular complexity index is 775. The smallest absolute Gasteiger partial charge is 0.255 e. The van der Waals surface area contributed by atoms with Crippen molar-refractivity contribution in [3.63, 3.8) is 0 Å². The van der Waals surface area contributed by atoms with Crippen molar-refractivity contribution in [2.75, 3.05) is 13.1 Å². The van der Waals surface area contributed by atoms with Crippen LogP contribution in [0.25, 0.3) is 0 Å². The van der Waals surface area contributed by atoms with Crippen LogP contribution in [0.4, 0.5) is 0 Å². The molecule has 1 aliphatic heterocycles. The maximum Gasteiger partial charge on any atom is 0.255 e. The van der Waals surface area contributed by atoms with Crippen LogP contribution in [0.15, 0.2) is 36.7 Å². The fraction of sp³-hybridized carbons (Fsp3) is 0.250. The molecule has 1 fully saturated rings. The molecule has 0 radical (unpaired) electrons. The monoisotopic (exact) mass is 420 g/mol. The lowest BCUT2D eigenvalue weighted by Crippen LogP contribution is -2.31. The number of hydrogen-bond acceptors (Lipinski definition) is 5. The van der Waals surface area contributed by atoms with Crippen LogP contribution < -0.4 is 4.74 Å². The van der Waals surface area contributed by atoms with Gasteiger partial charge in [-0.25, -0.2) is 9.97 Å². The summed E-state index contributed by atoms with van der Waals surface area (Å²) in [4.78, 5) is 22.3. The van der Waals surface area contributed by atoms with Crippen LogP contribution >= 0.6 is 22.6 Å². The van der Waals surface area contributed by atoms with Crippen LogP contribution in [0.1, 0.15) is 22.5 Å². The minimum absolute atomic E-state index is 0.000697. The van der Waals surface area contributed by atoms with Gasteiger partial charge >= 0.3 is 0 Å². The summed E-state index contributed by atoms with van der Waals surface area (Å²) in [6.45, 7) is 1.10. The number of aromatic nitrogens is 2. The molecule has 116 valence electrons. The molecule has 1 amide bonds. The molecule has 0 spiro atoms. The van der Waals surface area contributed by atoms with Crippen LogP contribution in [-0.2, 0) is 0 Å². The van der Waals surface area contributed by atoms with Crippen LogP contribution in [-0.4, -0.2) is 40.0 Å². The van der Waals surface area contributed by atoms with E-state index >= 15 is 0 Å². The summed E-state index contributed by atoms with van der Waals surface area (Å²) in [6, 6.07) is 9.47. The van der Waals surface area contributed by atoms with E-state index in [4.69, 9.17) is 10.00 Å². The summed E-state index contributed by atoms with van der Waals surface area (Å²) in [7, 11) is 0. The molecule has 23 heavy (non-hydrogen) atoms. The molecule has 2 heterocycles. The van der Waals surface area contributed by atoms with Gasteiger partial charge in [0, 0.05) is 28.9 Å². The predicted molar refractivity (Wildman–Crippen MR) is 90.8 cm³/mol. The van der Waals surface area contributed by atoms with Crippen molar-refractivity contribution in [3.05, 3.63) is 51.5 Å². The lowest BCUT2D eigenvalue weighted by molar-refractivity contribution is 0.0770. The molecule has 6 nitrogen and oxygen atoms in total. The van der Waals surface area contributed by atoms with Crippen molar-refractivity contribution < 1.29 is 9.53 Å². The maximum atomic E-state index is 12.6. The number of benzene rings is 1. The molecule has 1 aromatic carbocycles. The van der Waals surface area contributed by atoms with Gasteiger partial charge in [-0.3, -0.25) is 4.79 Å². The number of carbonyl (C=O) groups excluding carboxylic acids is 1. The highest BCUT2D eigenvalue weighted by Crippen LogP contribution is 2.21. The summed E-state index contributed by atoms with van der Waals surface area (Å²) in [6.07, 6.45) is 3.47. The molecular weight excluding hydrogens is 407 g/mol. The van der Waals surface area contributed by atoms with Crippen LogP contribution in [0.2, 0.25) is 0 Å². The van der Waals surface area contributed by atoms with Crippen molar-refractivity contribution in [1.82, 2.24) is 14.9 Å². The molecule has 1 aromatic heterocycles. The number of amides is 1. The van der Waals surface area contributed by atoms with Crippen LogP contribution in [0.3, 0.4) is 0 Å². The SMILES string of the molecule is N#Cc1nccnc1OC1CCN(C(=O)c2ccccc2I)C1. The van der Waals surface area contributed by atoms with Crippen molar-refractivity contribution in [2.24, 2.45) is 0 Å². The van der Waals surface area contributed by atoms with E-state index in [2.05, 4.69) is 32.6 Å². The number of rotatable bonds is 3. The molecule has 1 aliphatic rings. The van der Waals surface area contributed by atoms with E-state index in [9.17, 15) is 4.79 Å². The van der Waals surface area contributed by atoms with E-state index in [1.54, 1.807) is 4.90 Å². The van der Waals surface area contributed by atoms with Gasteiger partial charge in [0.2, 0.25) is 5.69 Å². The normalized spacial score (nSPS) is 16.9. The molecule has 3 rings (SSSR count). The summed E-state index contributed by atoms with van der Waals surface area (Å²) >= 11 is 2.16. The second kappa shape index (κ2) is 6.91. The molecule has 1 saturated heterocycles. The molecule has 1 atom stereocenters. The van der Waals surface area contributed by atoms with Gasteiger partial charge in [-0.15, -0.1) is 0 Å². The summed E-state index contributed by atoms with van der Waals surface area (Å²) in [5.41, 5.74) is 0.862. The number of ether oxygens (including phenoxy) is 1. The van der Waals surface area contributed by atoms with Gasteiger partial charge in [0.1, 0.15) is 12.2 Å². The quantitative estimate of drug-likeness (QED) is 0.712. The van der Waals surface area contributed by atoms with Gasteiger partial charge in [-0.05, 0) is 34.7 Å². The third-order valence-electron chi connectivity index (χ3n) is 3.59. The lowest BCUT2D eigenvalue weighted by Gasteiger charge is -2.17. The van der Waals surface area contributed by atoms with Gasteiger partial charge in [-0.2, -0.15) is 5.26 Å². The van der Waals surface area contributed by atoms with Crippen molar-refractivity contribution >= 4 is 28.5 Å². The van der Waals surface area contributed by atoms with Crippen LogP contribution in [0.5, 0.6) is 5.88 Å². The summed E-state index contributed by atoms with van der Waals surface area (Å²) in [5.74, 6) is 0.226. The van der Waals surface area contributed by atoms with E-state index in [1.807, 2.05) is 30.3 Å². The largest absolute Gasteiger partial charge is 0.470 e. The highest BCUT2D eigenvalue weighted by Gasteiger charge is 2.29. The first kappa shape index (κ1) is 15.7.